The number of carbonyl (C=O) groups excluding carboxylic acids is 2. The number of aromatic nitrogens is 2. The maximum absolute atomic E-state index is 12.4. The molecule has 132 valence electrons. The Morgan fingerprint density at radius 2 is 2.00 bits per heavy atom. The van der Waals surface area contributed by atoms with Crippen molar-refractivity contribution in [2.24, 2.45) is 0 Å². The summed E-state index contributed by atoms with van der Waals surface area (Å²) in [7, 11) is 0. The average Bonchev–Trinajstić information content (AvgIpc) is 2.93. The van der Waals surface area contributed by atoms with Gasteiger partial charge in [-0.25, -0.2) is 4.79 Å². The molecule has 2 aromatic rings. The number of carbonyl (C=O) groups is 2. The topological polar surface area (TPSA) is 84.4 Å². The number of rotatable bonds is 3. The highest BCUT2D eigenvalue weighted by Crippen LogP contribution is 2.25. The van der Waals surface area contributed by atoms with Gasteiger partial charge in [-0.3, -0.25) is 15.0 Å². The predicted octanol–water partition coefficient (Wildman–Crippen LogP) is 3.15. The van der Waals surface area contributed by atoms with Gasteiger partial charge in [0.2, 0.25) is 11.9 Å². The Balaban J connectivity index is 1.61. The van der Waals surface area contributed by atoms with Gasteiger partial charge in [0, 0.05) is 12.1 Å². The van der Waals surface area contributed by atoms with E-state index in [0.29, 0.717) is 13.0 Å². The van der Waals surface area contributed by atoms with Crippen LogP contribution in [-0.4, -0.2) is 44.4 Å². The molecule has 0 saturated carbocycles. The second kappa shape index (κ2) is 6.79. The summed E-state index contributed by atoms with van der Waals surface area (Å²) in [5, 5.41) is 3.41. The molecule has 1 aromatic carbocycles. The molecule has 8 heteroatoms. The first-order chi connectivity index (χ1) is 11.8. The summed E-state index contributed by atoms with van der Waals surface area (Å²) in [6.07, 6.45) is 0.121. The van der Waals surface area contributed by atoms with E-state index >= 15 is 0 Å². The van der Waals surface area contributed by atoms with Crippen molar-refractivity contribution < 1.29 is 14.3 Å². The van der Waals surface area contributed by atoms with Crippen LogP contribution in [-0.2, 0) is 9.53 Å². The summed E-state index contributed by atoms with van der Waals surface area (Å²) in [5.41, 5.74) is 0.355. The zero-order valence-electron chi connectivity index (χ0n) is 14.4. The first kappa shape index (κ1) is 17.3. The van der Waals surface area contributed by atoms with Crippen molar-refractivity contribution in [3.63, 3.8) is 0 Å². The van der Waals surface area contributed by atoms with Gasteiger partial charge in [-0.05, 0) is 38.7 Å². The Labute approximate surface area is 150 Å². The summed E-state index contributed by atoms with van der Waals surface area (Å²) in [4.78, 5) is 30.2. The van der Waals surface area contributed by atoms with Crippen molar-refractivity contribution in [3.05, 3.63) is 30.3 Å². The SMILES string of the molecule is CC(C)(C)OC(=O)N1CCC1C(=O)Nc1nsc(-c2ccccc2)n1. The average molecular weight is 360 g/mol. The fraction of sp³-hybridized carbons (Fsp3) is 0.412. The molecule has 0 spiro atoms. The predicted molar refractivity (Wildman–Crippen MR) is 95.3 cm³/mol. The standard InChI is InChI=1S/C17H20N4O3S/c1-17(2,3)24-16(23)21-10-9-12(21)13(22)18-15-19-14(25-20-15)11-7-5-4-6-8-11/h4-8,12H,9-10H2,1-3H3,(H,18,20,22). The van der Waals surface area contributed by atoms with Crippen LogP contribution < -0.4 is 5.32 Å². The van der Waals surface area contributed by atoms with Crippen LogP contribution in [0.4, 0.5) is 10.7 Å². The lowest BCUT2D eigenvalue weighted by Crippen LogP contribution is -2.57. The molecule has 1 unspecified atom stereocenters. The number of benzene rings is 1. The van der Waals surface area contributed by atoms with Gasteiger partial charge >= 0.3 is 6.09 Å². The number of ether oxygens (including phenoxy) is 1. The monoisotopic (exact) mass is 360 g/mol. The Morgan fingerprint density at radius 3 is 2.60 bits per heavy atom. The number of hydrogen-bond acceptors (Lipinski definition) is 6. The zero-order chi connectivity index (χ0) is 18.0. The van der Waals surface area contributed by atoms with Gasteiger partial charge in [-0.15, -0.1) is 0 Å². The van der Waals surface area contributed by atoms with Crippen LogP contribution >= 0.6 is 11.5 Å². The van der Waals surface area contributed by atoms with Gasteiger partial charge in [0.15, 0.2) is 0 Å². The molecule has 2 heterocycles. The molecule has 1 aliphatic heterocycles. The summed E-state index contributed by atoms with van der Waals surface area (Å²) >= 11 is 1.22. The highest BCUT2D eigenvalue weighted by Gasteiger charge is 2.40. The highest BCUT2D eigenvalue weighted by atomic mass is 32.1. The molecule has 1 saturated heterocycles. The molecule has 1 N–H and O–H groups in total. The normalized spacial score (nSPS) is 16.9. The minimum atomic E-state index is -0.589. The van der Waals surface area contributed by atoms with Crippen molar-refractivity contribution in [3.8, 4) is 10.6 Å². The van der Waals surface area contributed by atoms with E-state index in [0.717, 1.165) is 10.6 Å². The summed E-state index contributed by atoms with van der Waals surface area (Å²) < 4.78 is 9.48. The third kappa shape index (κ3) is 4.14. The number of anilines is 1. The number of nitrogens with zero attached hydrogens (tertiary/aromatic N) is 3. The van der Waals surface area contributed by atoms with Crippen LogP contribution in [0.2, 0.25) is 0 Å². The number of hydrogen-bond donors (Lipinski definition) is 1. The lowest BCUT2D eigenvalue weighted by atomic mass is 10.0. The van der Waals surface area contributed by atoms with Gasteiger partial charge in [0.1, 0.15) is 16.7 Å². The van der Waals surface area contributed by atoms with E-state index in [4.69, 9.17) is 4.74 Å². The van der Waals surface area contributed by atoms with Crippen molar-refractivity contribution >= 4 is 29.5 Å². The Kier molecular flexibility index (Phi) is 4.71. The lowest BCUT2D eigenvalue weighted by Gasteiger charge is -2.39. The molecule has 3 rings (SSSR count). The number of likely N-dealkylation sites (tertiary alicyclic amines) is 1. The largest absolute Gasteiger partial charge is 0.444 e. The van der Waals surface area contributed by atoms with Crippen LogP contribution in [0.25, 0.3) is 10.6 Å². The third-order valence-electron chi connectivity index (χ3n) is 3.63. The quantitative estimate of drug-likeness (QED) is 0.909. The van der Waals surface area contributed by atoms with Crippen molar-refractivity contribution in [1.82, 2.24) is 14.3 Å². The van der Waals surface area contributed by atoms with E-state index in [1.165, 1.54) is 16.4 Å². The van der Waals surface area contributed by atoms with Crippen LogP contribution in [0.3, 0.4) is 0 Å². The molecular weight excluding hydrogens is 340 g/mol. The van der Waals surface area contributed by atoms with Gasteiger partial charge in [-0.1, -0.05) is 30.3 Å². The summed E-state index contributed by atoms with van der Waals surface area (Å²) in [6.45, 7) is 5.89. The Morgan fingerprint density at radius 1 is 1.28 bits per heavy atom. The molecule has 2 amide bonds. The van der Waals surface area contributed by atoms with Gasteiger partial charge in [-0.2, -0.15) is 9.36 Å². The number of amides is 2. The molecule has 0 radical (unpaired) electrons. The number of nitrogens with one attached hydrogen (secondary N) is 1. The van der Waals surface area contributed by atoms with Gasteiger partial charge < -0.3 is 4.74 Å². The second-order valence-corrected chi connectivity index (χ2v) is 7.51. The maximum Gasteiger partial charge on any atom is 0.410 e. The van der Waals surface area contributed by atoms with Crippen LogP contribution in [0.5, 0.6) is 0 Å². The van der Waals surface area contributed by atoms with Crippen LogP contribution in [0, 0.1) is 0 Å². The molecule has 1 aromatic heterocycles. The summed E-state index contributed by atoms with van der Waals surface area (Å²) in [5.74, 6) is -0.0422. The van der Waals surface area contributed by atoms with E-state index < -0.39 is 17.7 Å². The van der Waals surface area contributed by atoms with Gasteiger partial charge in [0.05, 0.1) is 0 Å². The molecule has 1 aliphatic rings. The Hall–Kier alpha value is -2.48. The minimum absolute atomic E-state index is 0.255. The molecule has 1 atom stereocenters. The van der Waals surface area contributed by atoms with Crippen LogP contribution in [0.1, 0.15) is 27.2 Å². The van der Waals surface area contributed by atoms with E-state index in [1.807, 2.05) is 30.3 Å². The molecule has 0 bridgehead atoms. The summed E-state index contributed by atoms with van der Waals surface area (Å²) in [6, 6.07) is 9.09. The van der Waals surface area contributed by atoms with E-state index in [9.17, 15) is 9.59 Å². The minimum Gasteiger partial charge on any atom is -0.444 e. The third-order valence-corrected chi connectivity index (χ3v) is 4.40. The second-order valence-electron chi connectivity index (χ2n) is 6.76. The van der Waals surface area contributed by atoms with E-state index in [2.05, 4.69) is 14.7 Å². The smallest absolute Gasteiger partial charge is 0.410 e. The molecular formula is C17H20N4O3S. The zero-order valence-corrected chi connectivity index (χ0v) is 15.2. The fourth-order valence-electron chi connectivity index (χ4n) is 2.36. The van der Waals surface area contributed by atoms with Crippen LogP contribution in [0.15, 0.2) is 30.3 Å². The maximum atomic E-state index is 12.4. The van der Waals surface area contributed by atoms with Gasteiger partial charge in [0.25, 0.3) is 0 Å². The van der Waals surface area contributed by atoms with E-state index in [1.54, 1.807) is 20.8 Å². The fourth-order valence-corrected chi connectivity index (χ4v) is 2.99. The molecule has 7 nitrogen and oxygen atoms in total. The van der Waals surface area contributed by atoms with Crippen molar-refractivity contribution in [1.29, 1.82) is 0 Å². The molecule has 0 aliphatic carbocycles. The van der Waals surface area contributed by atoms with E-state index in [-0.39, 0.29) is 11.9 Å². The molecule has 25 heavy (non-hydrogen) atoms. The lowest BCUT2D eigenvalue weighted by molar-refractivity contribution is -0.125. The molecule has 1 fully saturated rings. The van der Waals surface area contributed by atoms with Crippen molar-refractivity contribution in [2.75, 3.05) is 11.9 Å². The highest BCUT2D eigenvalue weighted by molar-refractivity contribution is 7.09. The first-order valence-corrected chi connectivity index (χ1v) is 8.80. The Bertz CT molecular complexity index is 770. The van der Waals surface area contributed by atoms with Crippen molar-refractivity contribution in [2.45, 2.75) is 38.8 Å². The first-order valence-electron chi connectivity index (χ1n) is 8.03.